The third kappa shape index (κ3) is 9.36. The van der Waals surface area contributed by atoms with Gasteiger partial charge in [-0.2, -0.15) is 0 Å². The number of carbonyl (C=O) groups excluding carboxylic acids is 2. The molecule has 0 saturated heterocycles. The van der Waals surface area contributed by atoms with Crippen LogP contribution in [-0.4, -0.2) is 49.5 Å². The molecule has 7 nitrogen and oxygen atoms in total. The second-order valence-electron chi connectivity index (χ2n) is 10.9. The lowest BCUT2D eigenvalue weighted by molar-refractivity contribution is -0.140. The number of nitrogens with zero attached hydrogens (tertiary/aromatic N) is 2. The molecular formula is C30H34Cl3N3O4S. The summed E-state index contributed by atoms with van der Waals surface area (Å²) in [4.78, 5) is 29.3. The molecule has 0 spiro atoms. The van der Waals surface area contributed by atoms with Crippen molar-refractivity contribution in [3.63, 3.8) is 0 Å². The Labute approximate surface area is 257 Å². The van der Waals surface area contributed by atoms with Gasteiger partial charge in [0.15, 0.2) is 0 Å². The van der Waals surface area contributed by atoms with E-state index in [9.17, 15) is 18.0 Å². The molecule has 0 unspecified atom stereocenters. The van der Waals surface area contributed by atoms with Gasteiger partial charge >= 0.3 is 0 Å². The van der Waals surface area contributed by atoms with Crippen LogP contribution in [0.2, 0.25) is 15.1 Å². The molecule has 2 amide bonds. The SMILES string of the molecule is Cc1ccc(N(CC(=O)N(Cc2ccc(Cl)c(Cl)c2)[C@H](Cc2ccccc2)C(=O)NC(C)(C)C)S(C)(=O)=O)cc1Cl. The molecule has 3 aromatic carbocycles. The van der Waals surface area contributed by atoms with Crippen molar-refractivity contribution in [3.8, 4) is 0 Å². The monoisotopic (exact) mass is 637 g/mol. The van der Waals surface area contributed by atoms with Gasteiger partial charge in [0.05, 0.1) is 22.0 Å². The van der Waals surface area contributed by atoms with E-state index >= 15 is 0 Å². The number of benzene rings is 3. The first-order valence-corrected chi connectivity index (χ1v) is 15.9. The van der Waals surface area contributed by atoms with E-state index in [1.54, 1.807) is 37.3 Å². The van der Waals surface area contributed by atoms with Gasteiger partial charge in [0.1, 0.15) is 12.6 Å². The average molecular weight is 639 g/mol. The van der Waals surface area contributed by atoms with Crippen LogP contribution >= 0.6 is 34.8 Å². The van der Waals surface area contributed by atoms with E-state index < -0.39 is 34.1 Å². The summed E-state index contributed by atoms with van der Waals surface area (Å²) >= 11 is 18.7. The van der Waals surface area contributed by atoms with E-state index in [1.165, 1.54) is 11.0 Å². The highest BCUT2D eigenvalue weighted by molar-refractivity contribution is 7.92. The summed E-state index contributed by atoms with van der Waals surface area (Å²) in [5.41, 5.74) is 1.88. The standard InChI is InChI=1S/C30H34Cl3N3O4S/c1-20-11-13-23(17-25(20)32)36(41(5,39)40)19-28(37)35(18-22-12-14-24(31)26(33)15-22)27(29(38)34-30(2,3)4)16-21-9-7-6-8-10-21/h6-15,17,27H,16,18-19H2,1-5H3,(H,34,38)/t27-/m1/s1. The minimum absolute atomic E-state index is 0.0168. The molecule has 1 N–H and O–H groups in total. The van der Waals surface area contributed by atoms with Crippen molar-refractivity contribution in [3.05, 3.63) is 98.5 Å². The summed E-state index contributed by atoms with van der Waals surface area (Å²) in [7, 11) is -3.91. The van der Waals surface area contributed by atoms with Crippen molar-refractivity contribution < 1.29 is 18.0 Å². The molecule has 220 valence electrons. The van der Waals surface area contributed by atoms with Crippen LogP contribution in [0.15, 0.2) is 66.7 Å². The zero-order chi connectivity index (χ0) is 30.5. The van der Waals surface area contributed by atoms with E-state index in [-0.39, 0.29) is 24.6 Å². The van der Waals surface area contributed by atoms with Crippen molar-refractivity contribution in [1.29, 1.82) is 0 Å². The summed E-state index contributed by atoms with van der Waals surface area (Å²) < 4.78 is 26.8. The molecule has 0 bridgehead atoms. The van der Waals surface area contributed by atoms with Crippen LogP contribution < -0.4 is 9.62 Å². The Bertz CT molecular complexity index is 1510. The highest BCUT2D eigenvalue weighted by Crippen LogP contribution is 2.27. The van der Waals surface area contributed by atoms with Gasteiger partial charge in [-0.1, -0.05) is 77.3 Å². The summed E-state index contributed by atoms with van der Waals surface area (Å²) in [6, 6.07) is 18.1. The fourth-order valence-corrected chi connectivity index (χ4v) is 5.53. The third-order valence-corrected chi connectivity index (χ3v) is 8.52. The minimum atomic E-state index is -3.91. The zero-order valence-electron chi connectivity index (χ0n) is 23.6. The van der Waals surface area contributed by atoms with Gasteiger partial charge in [-0.15, -0.1) is 0 Å². The molecule has 0 aliphatic rings. The molecule has 0 heterocycles. The number of hydrogen-bond donors (Lipinski definition) is 1. The van der Waals surface area contributed by atoms with Crippen molar-refractivity contribution in [2.75, 3.05) is 17.1 Å². The van der Waals surface area contributed by atoms with Crippen LogP contribution in [-0.2, 0) is 32.6 Å². The van der Waals surface area contributed by atoms with Crippen molar-refractivity contribution in [2.45, 2.75) is 52.2 Å². The highest BCUT2D eigenvalue weighted by atomic mass is 35.5. The first kappa shape index (κ1) is 32.7. The molecule has 0 aromatic heterocycles. The number of nitrogens with one attached hydrogen (secondary N) is 1. The van der Waals surface area contributed by atoms with Crippen LogP contribution in [0.3, 0.4) is 0 Å². The second-order valence-corrected chi connectivity index (χ2v) is 14.0. The van der Waals surface area contributed by atoms with E-state index in [4.69, 9.17) is 34.8 Å². The summed E-state index contributed by atoms with van der Waals surface area (Å²) in [5.74, 6) is -0.956. The Morgan fingerprint density at radius 1 is 0.878 bits per heavy atom. The van der Waals surface area contributed by atoms with E-state index in [0.717, 1.165) is 21.7 Å². The van der Waals surface area contributed by atoms with Gasteiger partial charge in [-0.05, 0) is 68.7 Å². The molecular weight excluding hydrogens is 605 g/mol. The maximum absolute atomic E-state index is 14.1. The number of hydrogen-bond acceptors (Lipinski definition) is 4. The van der Waals surface area contributed by atoms with Crippen LogP contribution in [0.4, 0.5) is 5.69 Å². The first-order valence-electron chi connectivity index (χ1n) is 12.9. The Morgan fingerprint density at radius 3 is 2.10 bits per heavy atom. The second kappa shape index (κ2) is 13.5. The molecule has 0 fully saturated rings. The molecule has 3 aromatic rings. The maximum atomic E-state index is 14.1. The molecule has 0 aliphatic carbocycles. The Kier molecular flexibility index (Phi) is 10.7. The summed E-state index contributed by atoms with van der Waals surface area (Å²) in [5, 5.41) is 3.98. The molecule has 3 rings (SSSR count). The lowest BCUT2D eigenvalue weighted by Crippen LogP contribution is -2.56. The van der Waals surface area contributed by atoms with E-state index in [0.29, 0.717) is 20.6 Å². The topological polar surface area (TPSA) is 86.8 Å². The molecule has 1 atom stereocenters. The van der Waals surface area contributed by atoms with Gasteiger partial charge < -0.3 is 10.2 Å². The number of aryl methyl sites for hydroxylation is 1. The average Bonchev–Trinajstić information content (AvgIpc) is 2.87. The van der Waals surface area contributed by atoms with Gasteiger partial charge in [-0.25, -0.2) is 8.42 Å². The Balaban J connectivity index is 2.10. The summed E-state index contributed by atoms with van der Waals surface area (Å²) in [6.07, 6.45) is 1.22. The number of halogens is 3. The molecule has 0 radical (unpaired) electrons. The highest BCUT2D eigenvalue weighted by Gasteiger charge is 2.34. The smallest absolute Gasteiger partial charge is 0.244 e. The molecule has 0 aliphatic heterocycles. The fraction of sp³-hybridized carbons (Fsp3) is 0.333. The largest absolute Gasteiger partial charge is 0.350 e. The Hall–Kier alpha value is -2.78. The number of carbonyl (C=O) groups is 2. The number of sulfonamides is 1. The van der Waals surface area contributed by atoms with E-state index in [1.807, 2.05) is 51.1 Å². The van der Waals surface area contributed by atoms with E-state index in [2.05, 4.69) is 5.32 Å². The lowest BCUT2D eigenvalue weighted by atomic mass is 10.0. The lowest BCUT2D eigenvalue weighted by Gasteiger charge is -2.35. The maximum Gasteiger partial charge on any atom is 0.244 e. The Morgan fingerprint density at radius 2 is 1.54 bits per heavy atom. The molecule has 0 saturated carbocycles. The fourth-order valence-electron chi connectivity index (χ4n) is 4.19. The van der Waals surface area contributed by atoms with Crippen LogP contribution in [0.5, 0.6) is 0 Å². The van der Waals surface area contributed by atoms with Gasteiger partial charge in [-0.3, -0.25) is 13.9 Å². The van der Waals surface area contributed by atoms with Crippen LogP contribution in [0.1, 0.15) is 37.5 Å². The number of anilines is 1. The molecule has 11 heteroatoms. The van der Waals surface area contributed by atoms with Crippen molar-refractivity contribution in [2.24, 2.45) is 0 Å². The van der Waals surface area contributed by atoms with Crippen LogP contribution in [0, 0.1) is 6.92 Å². The minimum Gasteiger partial charge on any atom is -0.350 e. The quantitative estimate of drug-likeness (QED) is 0.283. The van der Waals surface area contributed by atoms with Crippen molar-refractivity contribution >= 4 is 62.3 Å². The van der Waals surface area contributed by atoms with Crippen molar-refractivity contribution in [1.82, 2.24) is 10.2 Å². The zero-order valence-corrected chi connectivity index (χ0v) is 26.7. The van der Waals surface area contributed by atoms with Gasteiger partial charge in [0, 0.05) is 23.5 Å². The third-order valence-electron chi connectivity index (χ3n) is 6.23. The molecule has 41 heavy (non-hydrogen) atoms. The normalized spacial score (nSPS) is 12.5. The van der Waals surface area contributed by atoms with Gasteiger partial charge in [0.25, 0.3) is 0 Å². The predicted octanol–water partition coefficient (Wildman–Crippen LogP) is 6.28. The first-order chi connectivity index (χ1) is 19.0. The van der Waals surface area contributed by atoms with Gasteiger partial charge in [0.2, 0.25) is 21.8 Å². The summed E-state index contributed by atoms with van der Waals surface area (Å²) in [6.45, 7) is 6.78. The van der Waals surface area contributed by atoms with Crippen LogP contribution in [0.25, 0.3) is 0 Å². The number of rotatable bonds is 10. The predicted molar refractivity (Wildman–Crippen MR) is 167 cm³/mol. The number of amides is 2.